The minimum absolute atomic E-state index is 0.134. The van der Waals surface area contributed by atoms with Gasteiger partial charge in [0.05, 0.1) is 17.4 Å². The largest absolute Gasteiger partial charge is 0.466 e. The monoisotopic (exact) mass is 414 g/mol. The number of nitrogens with zero attached hydrogens (tertiary/aromatic N) is 4. The number of aromatic nitrogens is 2. The number of hydrogen-bond donors (Lipinski definition) is 0. The molecule has 1 aliphatic rings. The summed E-state index contributed by atoms with van der Waals surface area (Å²) >= 11 is 0. The zero-order chi connectivity index (χ0) is 21.7. The van der Waals surface area contributed by atoms with Gasteiger partial charge in [-0.3, -0.25) is 19.7 Å². The van der Waals surface area contributed by atoms with Gasteiger partial charge in [0, 0.05) is 18.7 Å². The van der Waals surface area contributed by atoms with Gasteiger partial charge in [0.15, 0.2) is 5.78 Å². The van der Waals surface area contributed by atoms with Crippen LogP contribution < -0.4 is 9.64 Å². The summed E-state index contributed by atoms with van der Waals surface area (Å²) in [6, 6.07) is 6.34. The molecule has 1 fully saturated rings. The van der Waals surface area contributed by atoms with Crippen molar-refractivity contribution in [3.8, 4) is 11.6 Å². The maximum atomic E-state index is 11.9. The van der Waals surface area contributed by atoms with E-state index in [1.165, 1.54) is 19.3 Å². The fourth-order valence-electron chi connectivity index (χ4n) is 3.30. The van der Waals surface area contributed by atoms with E-state index in [0.717, 1.165) is 0 Å². The highest BCUT2D eigenvalue weighted by Gasteiger charge is 2.33. The van der Waals surface area contributed by atoms with Crippen LogP contribution in [0.15, 0.2) is 30.6 Å². The molecule has 0 saturated carbocycles. The molecule has 0 atom stereocenters. The number of benzene rings is 1. The van der Waals surface area contributed by atoms with Gasteiger partial charge in [-0.15, -0.1) is 0 Å². The van der Waals surface area contributed by atoms with E-state index >= 15 is 0 Å². The molecule has 30 heavy (non-hydrogen) atoms. The number of esters is 1. The van der Waals surface area contributed by atoms with E-state index in [1.807, 2.05) is 0 Å². The summed E-state index contributed by atoms with van der Waals surface area (Å²) < 4.78 is 10.7. The quantitative estimate of drug-likeness (QED) is 0.291. The molecule has 3 rings (SSSR count). The van der Waals surface area contributed by atoms with Crippen LogP contribution in [0.1, 0.15) is 37.0 Å². The summed E-state index contributed by atoms with van der Waals surface area (Å²) in [7, 11) is 0. The van der Waals surface area contributed by atoms with Crippen LogP contribution in [0.3, 0.4) is 0 Å². The zero-order valence-corrected chi connectivity index (χ0v) is 16.7. The number of carbonyl (C=O) groups is 2. The molecule has 0 bridgehead atoms. The average Bonchev–Trinajstić information content (AvgIpc) is 2.74. The first-order valence-electron chi connectivity index (χ1n) is 9.60. The molecule has 1 aromatic heterocycles. The molecular weight excluding hydrogens is 392 g/mol. The van der Waals surface area contributed by atoms with Gasteiger partial charge >= 0.3 is 17.5 Å². The second-order valence-electron chi connectivity index (χ2n) is 6.81. The second kappa shape index (κ2) is 9.29. The van der Waals surface area contributed by atoms with Crippen molar-refractivity contribution in [2.75, 3.05) is 24.6 Å². The summed E-state index contributed by atoms with van der Waals surface area (Å²) in [5.41, 5.74) is 0.0609. The molecule has 1 aromatic carbocycles. The maximum Gasteiger partial charge on any atom is 0.373 e. The molecular formula is C20H22N4O6. The Kier molecular flexibility index (Phi) is 6.55. The molecule has 158 valence electrons. The van der Waals surface area contributed by atoms with Gasteiger partial charge < -0.3 is 14.4 Å². The number of rotatable bonds is 7. The molecule has 0 amide bonds. The molecule has 10 nitrogen and oxygen atoms in total. The van der Waals surface area contributed by atoms with Crippen molar-refractivity contribution >= 4 is 23.3 Å². The third kappa shape index (κ3) is 4.70. The fourth-order valence-corrected chi connectivity index (χ4v) is 3.30. The van der Waals surface area contributed by atoms with E-state index in [2.05, 4.69) is 9.97 Å². The molecule has 0 aliphatic carbocycles. The molecule has 10 heteroatoms. The maximum absolute atomic E-state index is 11.9. The van der Waals surface area contributed by atoms with Gasteiger partial charge in [-0.25, -0.2) is 4.98 Å². The molecule has 0 spiro atoms. The van der Waals surface area contributed by atoms with Crippen molar-refractivity contribution in [3.63, 3.8) is 0 Å². The van der Waals surface area contributed by atoms with Crippen molar-refractivity contribution in [1.82, 2.24) is 9.97 Å². The molecule has 0 unspecified atom stereocenters. The minimum Gasteiger partial charge on any atom is -0.466 e. The van der Waals surface area contributed by atoms with Gasteiger partial charge in [-0.1, -0.05) is 12.1 Å². The third-order valence-electron chi connectivity index (χ3n) is 4.82. The van der Waals surface area contributed by atoms with Crippen LogP contribution in [-0.4, -0.2) is 46.3 Å². The first kappa shape index (κ1) is 21.2. The van der Waals surface area contributed by atoms with E-state index in [1.54, 1.807) is 30.0 Å². The van der Waals surface area contributed by atoms with Crippen LogP contribution >= 0.6 is 0 Å². The molecule has 2 aromatic rings. The highest BCUT2D eigenvalue weighted by molar-refractivity contribution is 5.94. The lowest BCUT2D eigenvalue weighted by atomic mass is 9.97. The van der Waals surface area contributed by atoms with Gasteiger partial charge in [0.2, 0.25) is 5.82 Å². The van der Waals surface area contributed by atoms with Crippen molar-refractivity contribution in [2.45, 2.75) is 26.7 Å². The minimum atomic E-state index is -0.586. The Balaban J connectivity index is 1.84. The highest BCUT2D eigenvalue weighted by atomic mass is 16.6. The molecule has 2 heterocycles. The summed E-state index contributed by atoms with van der Waals surface area (Å²) in [5.74, 6) is -0.441. The summed E-state index contributed by atoms with van der Waals surface area (Å²) in [6.45, 7) is 4.33. The first-order valence-corrected chi connectivity index (χ1v) is 9.60. The number of ketones is 1. The van der Waals surface area contributed by atoms with Crippen LogP contribution in [-0.2, 0) is 9.53 Å². The van der Waals surface area contributed by atoms with Crippen LogP contribution in [0, 0.1) is 16.0 Å². The topological polar surface area (TPSA) is 125 Å². The lowest BCUT2D eigenvalue weighted by molar-refractivity contribution is -0.385. The highest BCUT2D eigenvalue weighted by Crippen LogP contribution is 2.37. The van der Waals surface area contributed by atoms with Gasteiger partial charge in [-0.2, -0.15) is 4.98 Å². The van der Waals surface area contributed by atoms with Crippen molar-refractivity contribution in [2.24, 2.45) is 5.92 Å². The van der Waals surface area contributed by atoms with Crippen LogP contribution in [0.5, 0.6) is 11.6 Å². The van der Waals surface area contributed by atoms with Gasteiger partial charge in [-0.05, 0) is 38.8 Å². The number of Topliss-reactive ketones (excluding diaryl/α,β-unsaturated/α-hetero) is 1. The Labute approximate surface area is 173 Å². The first-order chi connectivity index (χ1) is 14.4. The Morgan fingerprint density at radius 2 is 2.00 bits per heavy atom. The summed E-state index contributed by atoms with van der Waals surface area (Å²) in [6.07, 6.45) is 2.22. The van der Waals surface area contributed by atoms with E-state index in [4.69, 9.17) is 9.47 Å². The van der Waals surface area contributed by atoms with Crippen molar-refractivity contribution in [3.05, 3.63) is 46.3 Å². The standard InChI is InChI=1S/C20H22N4O6/c1-3-29-20(26)14-7-9-23(10-8-14)18-17(24(27)28)19(22-12-21-18)30-16-6-4-5-15(11-16)13(2)25/h4-6,11-12,14H,3,7-10H2,1-2H3. The smallest absolute Gasteiger partial charge is 0.373 e. The van der Waals surface area contributed by atoms with Crippen molar-refractivity contribution in [1.29, 1.82) is 0 Å². The van der Waals surface area contributed by atoms with Crippen LogP contribution in [0.4, 0.5) is 11.5 Å². The summed E-state index contributed by atoms with van der Waals surface area (Å²) in [4.78, 5) is 44.5. The van der Waals surface area contributed by atoms with E-state index in [-0.39, 0.29) is 40.8 Å². The lowest BCUT2D eigenvalue weighted by Gasteiger charge is -2.31. The number of ether oxygens (including phenoxy) is 2. The average molecular weight is 414 g/mol. The number of piperidine rings is 1. The molecule has 1 saturated heterocycles. The summed E-state index contributed by atoms with van der Waals surface area (Å²) in [5, 5.41) is 11.8. The van der Waals surface area contributed by atoms with Crippen molar-refractivity contribution < 1.29 is 24.0 Å². The second-order valence-corrected chi connectivity index (χ2v) is 6.81. The van der Waals surface area contributed by atoms with E-state index in [0.29, 0.717) is 38.1 Å². The van der Waals surface area contributed by atoms with Gasteiger partial charge in [0.1, 0.15) is 12.1 Å². The Morgan fingerprint density at radius 3 is 2.63 bits per heavy atom. The van der Waals surface area contributed by atoms with Crippen LogP contribution in [0.2, 0.25) is 0 Å². The molecule has 0 radical (unpaired) electrons. The predicted molar refractivity (Wildman–Crippen MR) is 107 cm³/mol. The number of hydrogen-bond acceptors (Lipinski definition) is 9. The fraction of sp³-hybridized carbons (Fsp3) is 0.400. The SMILES string of the molecule is CCOC(=O)C1CCN(c2ncnc(Oc3cccc(C(C)=O)c3)c2[N+](=O)[O-])CC1. The molecule has 0 N–H and O–H groups in total. The Morgan fingerprint density at radius 1 is 1.27 bits per heavy atom. The number of carbonyl (C=O) groups excluding carboxylic acids is 2. The normalized spacial score (nSPS) is 14.3. The number of anilines is 1. The molecule has 1 aliphatic heterocycles. The lowest BCUT2D eigenvalue weighted by Crippen LogP contribution is -2.37. The van der Waals surface area contributed by atoms with Crippen LogP contribution in [0.25, 0.3) is 0 Å². The van der Waals surface area contributed by atoms with E-state index in [9.17, 15) is 19.7 Å². The predicted octanol–water partition coefficient (Wildman–Crippen LogP) is 3.16. The Hall–Kier alpha value is -3.56. The third-order valence-corrected chi connectivity index (χ3v) is 4.82. The van der Waals surface area contributed by atoms with E-state index < -0.39 is 4.92 Å². The number of nitro groups is 1. The Bertz CT molecular complexity index is 956. The zero-order valence-electron chi connectivity index (χ0n) is 16.7. The van der Waals surface area contributed by atoms with Gasteiger partial charge in [0.25, 0.3) is 0 Å².